The van der Waals surface area contributed by atoms with Crippen molar-refractivity contribution in [1.82, 2.24) is 0 Å². The first-order valence-electron chi connectivity index (χ1n) is 3.21. The Morgan fingerprint density at radius 3 is 2.45 bits per heavy atom. The standard InChI is InChI=1S/C8H7BrF2/c1-5(10)8-6(9)3-2-4-7(8)11/h2-5H,1H3. The SMILES string of the molecule is CC(F)c1c(F)cccc1Br. The van der Waals surface area contributed by atoms with Gasteiger partial charge in [0.2, 0.25) is 0 Å². The molecule has 0 nitrogen and oxygen atoms in total. The Balaban J connectivity index is 3.21. The topological polar surface area (TPSA) is 0 Å². The van der Waals surface area contributed by atoms with E-state index in [4.69, 9.17) is 0 Å². The molecule has 1 rings (SSSR count). The van der Waals surface area contributed by atoms with E-state index in [0.717, 1.165) is 0 Å². The third-order valence-electron chi connectivity index (χ3n) is 1.40. The zero-order valence-corrected chi connectivity index (χ0v) is 7.53. The molecule has 0 heterocycles. The van der Waals surface area contributed by atoms with Gasteiger partial charge in [-0.3, -0.25) is 0 Å². The normalized spacial score (nSPS) is 13.1. The third kappa shape index (κ3) is 1.77. The Labute approximate surface area is 72.4 Å². The first-order chi connectivity index (χ1) is 5.13. The molecule has 0 amide bonds. The summed E-state index contributed by atoms with van der Waals surface area (Å²) in [4.78, 5) is 0. The van der Waals surface area contributed by atoms with Crippen LogP contribution in [-0.4, -0.2) is 0 Å². The molecule has 1 atom stereocenters. The fourth-order valence-electron chi connectivity index (χ4n) is 0.891. The number of alkyl halides is 1. The van der Waals surface area contributed by atoms with E-state index in [-0.39, 0.29) is 5.56 Å². The van der Waals surface area contributed by atoms with Crippen LogP contribution in [0.4, 0.5) is 8.78 Å². The molecule has 3 heteroatoms. The van der Waals surface area contributed by atoms with Crippen molar-refractivity contribution in [2.24, 2.45) is 0 Å². The zero-order chi connectivity index (χ0) is 8.43. The quantitative estimate of drug-likeness (QED) is 0.679. The largest absolute Gasteiger partial charge is 0.242 e. The molecule has 0 saturated heterocycles. The monoisotopic (exact) mass is 220 g/mol. The number of hydrogen-bond acceptors (Lipinski definition) is 0. The van der Waals surface area contributed by atoms with Crippen molar-refractivity contribution in [1.29, 1.82) is 0 Å². The van der Waals surface area contributed by atoms with E-state index in [2.05, 4.69) is 15.9 Å². The number of halogens is 3. The van der Waals surface area contributed by atoms with Gasteiger partial charge in [-0.2, -0.15) is 0 Å². The molecule has 1 aromatic rings. The highest BCUT2D eigenvalue weighted by atomic mass is 79.9. The van der Waals surface area contributed by atoms with Crippen molar-refractivity contribution in [3.05, 3.63) is 34.1 Å². The summed E-state index contributed by atoms with van der Waals surface area (Å²) in [7, 11) is 0. The van der Waals surface area contributed by atoms with Gasteiger partial charge >= 0.3 is 0 Å². The van der Waals surface area contributed by atoms with Crippen molar-refractivity contribution in [3.8, 4) is 0 Å². The van der Waals surface area contributed by atoms with Gasteiger partial charge in [0.15, 0.2) is 0 Å². The van der Waals surface area contributed by atoms with Crippen LogP contribution in [0.1, 0.15) is 18.7 Å². The van der Waals surface area contributed by atoms with Crippen LogP contribution in [0, 0.1) is 5.82 Å². The van der Waals surface area contributed by atoms with Crippen LogP contribution in [0.25, 0.3) is 0 Å². The average Bonchev–Trinajstić information content (AvgIpc) is 1.85. The molecule has 0 bridgehead atoms. The molecule has 1 unspecified atom stereocenters. The minimum absolute atomic E-state index is 0.0903. The number of hydrogen-bond donors (Lipinski definition) is 0. The summed E-state index contributed by atoms with van der Waals surface area (Å²) >= 11 is 3.07. The maximum atomic E-state index is 12.8. The molecule has 60 valence electrons. The second kappa shape index (κ2) is 3.30. The Bertz CT molecular complexity index is 238. The molecule has 0 spiro atoms. The summed E-state index contributed by atoms with van der Waals surface area (Å²) in [6, 6.07) is 4.40. The molecular weight excluding hydrogens is 214 g/mol. The van der Waals surface area contributed by atoms with Gasteiger partial charge in [0.1, 0.15) is 12.0 Å². The van der Waals surface area contributed by atoms with Crippen molar-refractivity contribution in [2.45, 2.75) is 13.1 Å². The Morgan fingerprint density at radius 2 is 2.09 bits per heavy atom. The van der Waals surface area contributed by atoms with E-state index in [0.29, 0.717) is 4.47 Å². The molecule has 0 radical (unpaired) electrons. The van der Waals surface area contributed by atoms with Crippen molar-refractivity contribution in [3.63, 3.8) is 0 Å². The highest BCUT2D eigenvalue weighted by Crippen LogP contribution is 2.27. The van der Waals surface area contributed by atoms with Crippen LogP contribution in [0.15, 0.2) is 22.7 Å². The summed E-state index contributed by atoms with van der Waals surface area (Å²) in [5.41, 5.74) is 0.0903. The molecule has 0 aromatic heterocycles. The van der Waals surface area contributed by atoms with Gasteiger partial charge in [-0.25, -0.2) is 8.78 Å². The van der Waals surface area contributed by atoms with E-state index in [1.54, 1.807) is 6.07 Å². The van der Waals surface area contributed by atoms with E-state index in [1.165, 1.54) is 19.1 Å². The Hall–Kier alpha value is -0.440. The lowest BCUT2D eigenvalue weighted by molar-refractivity contribution is 0.360. The highest BCUT2D eigenvalue weighted by molar-refractivity contribution is 9.10. The molecule has 1 aromatic carbocycles. The smallest absolute Gasteiger partial charge is 0.130 e. The Kier molecular flexibility index (Phi) is 2.60. The van der Waals surface area contributed by atoms with Crippen LogP contribution in [-0.2, 0) is 0 Å². The second-order valence-electron chi connectivity index (χ2n) is 2.25. The molecular formula is C8H7BrF2. The third-order valence-corrected chi connectivity index (χ3v) is 2.09. The summed E-state index contributed by atoms with van der Waals surface area (Å²) in [5, 5.41) is 0. The molecule has 0 aliphatic heterocycles. The van der Waals surface area contributed by atoms with E-state index >= 15 is 0 Å². The molecule has 0 fully saturated rings. The lowest BCUT2D eigenvalue weighted by Crippen LogP contribution is -1.92. The van der Waals surface area contributed by atoms with E-state index in [9.17, 15) is 8.78 Å². The van der Waals surface area contributed by atoms with Gasteiger partial charge in [-0.15, -0.1) is 0 Å². The van der Waals surface area contributed by atoms with E-state index < -0.39 is 12.0 Å². The van der Waals surface area contributed by atoms with Gasteiger partial charge < -0.3 is 0 Å². The lowest BCUT2D eigenvalue weighted by atomic mass is 10.1. The van der Waals surface area contributed by atoms with Crippen LogP contribution in [0.3, 0.4) is 0 Å². The van der Waals surface area contributed by atoms with Gasteiger partial charge in [0, 0.05) is 10.0 Å². The minimum atomic E-state index is -1.27. The number of rotatable bonds is 1. The molecule has 0 N–H and O–H groups in total. The van der Waals surface area contributed by atoms with Crippen molar-refractivity contribution in [2.75, 3.05) is 0 Å². The van der Waals surface area contributed by atoms with Crippen molar-refractivity contribution < 1.29 is 8.78 Å². The summed E-state index contributed by atoms with van der Waals surface area (Å²) < 4.78 is 26.0. The maximum Gasteiger partial charge on any atom is 0.130 e. The van der Waals surface area contributed by atoms with Crippen LogP contribution >= 0.6 is 15.9 Å². The van der Waals surface area contributed by atoms with Crippen LogP contribution in [0.2, 0.25) is 0 Å². The zero-order valence-electron chi connectivity index (χ0n) is 5.94. The van der Waals surface area contributed by atoms with Crippen LogP contribution < -0.4 is 0 Å². The van der Waals surface area contributed by atoms with Gasteiger partial charge in [0.05, 0.1) is 0 Å². The Morgan fingerprint density at radius 1 is 1.45 bits per heavy atom. The highest BCUT2D eigenvalue weighted by Gasteiger charge is 2.12. The van der Waals surface area contributed by atoms with E-state index in [1.807, 2.05) is 0 Å². The molecule has 0 aliphatic carbocycles. The second-order valence-corrected chi connectivity index (χ2v) is 3.11. The summed E-state index contributed by atoms with van der Waals surface area (Å²) in [6.07, 6.45) is -1.27. The van der Waals surface area contributed by atoms with Crippen molar-refractivity contribution >= 4 is 15.9 Å². The van der Waals surface area contributed by atoms with Gasteiger partial charge in [-0.05, 0) is 19.1 Å². The first-order valence-corrected chi connectivity index (χ1v) is 4.00. The molecule has 0 saturated carbocycles. The molecule has 11 heavy (non-hydrogen) atoms. The lowest BCUT2D eigenvalue weighted by Gasteiger charge is -2.05. The summed E-state index contributed by atoms with van der Waals surface area (Å²) in [5.74, 6) is -0.505. The predicted molar refractivity (Wildman–Crippen MR) is 43.6 cm³/mol. The average molecular weight is 221 g/mol. The maximum absolute atomic E-state index is 12.8. The predicted octanol–water partition coefficient (Wildman–Crippen LogP) is 3.62. The fraction of sp³-hybridized carbons (Fsp3) is 0.250. The molecule has 0 aliphatic rings. The summed E-state index contributed by atoms with van der Waals surface area (Å²) in [6.45, 7) is 1.31. The number of benzene rings is 1. The van der Waals surface area contributed by atoms with Crippen LogP contribution in [0.5, 0.6) is 0 Å². The minimum Gasteiger partial charge on any atom is -0.242 e. The fourth-order valence-corrected chi connectivity index (χ4v) is 1.55. The first kappa shape index (κ1) is 8.65. The van der Waals surface area contributed by atoms with Gasteiger partial charge in [0.25, 0.3) is 0 Å². The van der Waals surface area contributed by atoms with Gasteiger partial charge in [-0.1, -0.05) is 22.0 Å².